The van der Waals surface area contributed by atoms with Gasteiger partial charge < -0.3 is 15.5 Å². The second kappa shape index (κ2) is 8.01. The van der Waals surface area contributed by atoms with Crippen molar-refractivity contribution in [3.63, 3.8) is 0 Å². The molecule has 3 aromatic carbocycles. The zero-order valence-electron chi connectivity index (χ0n) is 16.2. The van der Waals surface area contributed by atoms with E-state index in [4.69, 9.17) is 0 Å². The van der Waals surface area contributed by atoms with Crippen molar-refractivity contribution in [2.75, 3.05) is 22.6 Å². The Kier molecular flexibility index (Phi) is 5.27. The highest BCUT2D eigenvalue weighted by Crippen LogP contribution is 2.41. The number of rotatable bonds is 3. The van der Waals surface area contributed by atoms with Crippen LogP contribution in [-0.4, -0.2) is 19.0 Å². The van der Waals surface area contributed by atoms with Crippen molar-refractivity contribution in [1.82, 2.24) is 0 Å². The maximum absolute atomic E-state index is 12.9. The van der Waals surface area contributed by atoms with Gasteiger partial charge in [0.15, 0.2) is 0 Å². The van der Waals surface area contributed by atoms with Crippen molar-refractivity contribution in [1.29, 1.82) is 0 Å². The average molecular weight is 404 g/mol. The number of amides is 3. The summed E-state index contributed by atoms with van der Waals surface area (Å²) < 4.78 is 0. The van der Waals surface area contributed by atoms with E-state index in [0.29, 0.717) is 11.3 Å². The summed E-state index contributed by atoms with van der Waals surface area (Å²) in [6.07, 6.45) is 0.833. The third-order valence-electron chi connectivity index (χ3n) is 4.87. The maximum atomic E-state index is 12.9. The highest BCUT2D eigenvalue weighted by atomic mass is 32.2. The molecule has 0 radical (unpaired) electrons. The first-order chi connectivity index (χ1) is 14.1. The maximum Gasteiger partial charge on any atom is 0.323 e. The molecule has 0 aliphatic carbocycles. The summed E-state index contributed by atoms with van der Waals surface area (Å²) in [5.74, 6) is -0.0645. The van der Waals surface area contributed by atoms with Gasteiger partial charge in [0.1, 0.15) is 0 Å². The second-order valence-electron chi connectivity index (χ2n) is 6.73. The van der Waals surface area contributed by atoms with Crippen LogP contribution in [0.1, 0.15) is 22.8 Å². The summed E-state index contributed by atoms with van der Waals surface area (Å²) in [4.78, 5) is 28.9. The average Bonchev–Trinajstić information content (AvgIpc) is 2.84. The SMILES string of the molecule is CCc1ccccc1NC(=O)Nc1ccc2c(c1)N(C)C(=O)c1ccccc1S2. The van der Waals surface area contributed by atoms with E-state index in [1.807, 2.05) is 73.7 Å². The molecule has 29 heavy (non-hydrogen) atoms. The Hall–Kier alpha value is -3.25. The number of hydrogen-bond acceptors (Lipinski definition) is 3. The van der Waals surface area contributed by atoms with Gasteiger partial charge in [-0.25, -0.2) is 4.79 Å². The van der Waals surface area contributed by atoms with Crippen LogP contribution in [0.4, 0.5) is 21.9 Å². The molecule has 5 nitrogen and oxygen atoms in total. The van der Waals surface area contributed by atoms with Crippen molar-refractivity contribution >= 4 is 40.8 Å². The molecule has 3 amide bonds. The van der Waals surface area contributed by atoms with E-state index in [9.17, 15) is 9.59 Å². The van der Waals surface area contributed by atoms with Gasteiger partial charge in [-0.3, -0.25) is 4.79 Å². The van der Waals surface area contributed by atoms with Gasteiger partial charge in [0.2, 0.25) is 0 Å². The lowest BCUT2D eigenvalue weighted by atomic mass is 10.1. The Morgan fingerprint density at radius 3 is 2.55 bits per heavy atom. The van der Waals surface area contributed by atoms with Crippen LogP contribution in [0.15, 0.2) is 76.5 Å². The van der Waals surface area contributed by atoms with Gasteiger partial charge >= 0.3 is 6.03 Å². The fourth-order valence-electron chi connectivity index (χ4n) is 3.32. The molecule has 0 atom stereocenters. The molecule has 0 aromatic heterocycles. The number of anilines is 3. The Labute approximate surface area is 174 Å². The molecule has 4 rings (SSSR count). The number of hydrogen-bond donors (Lipinski definition) is 2. The van der Waals surface area contributed by atoms with Gasteiger partial charge in [-0.2, -0.15) is 0 Å². The minimum Gasteiger partial charge on any atom is -0.310 e. The molecule has 146 valence electrons. The summed E-state index contributed by atoms with van der Waals surface area (Å²) >= 11 is 1.56. The second-order valence-corrected chi connectivity index (χ2v) is 7.82. The van der Waals surface area contributed by atoms with Crippen molar-refractivity contribution in [3.05, 3.63) is 77.9 Å². The molecule has 2 N–H and O–H groups in total. The minimum atomic E-state index is -0.315. The molecule has 0 saturated heterocycles. The first-order valence-corrected chi connectivity index (χ1v) is 10.2. The molecule has 1 heterocycles. The van der Waals surface area contributed by atoms with E-state index < -0.39 is 0 Å². The quantitative estimate of drug-likeness (QED) is 0.595. The standard InChI is InChI=1S/C23H21N3O2S/c1-3-15-8-4-6-10-18(15)25-23(28)24-16-12-13-21-19(14-16)26(2)22(27)17-9-5-7-11-20(17)29-21/h4-14H,3H2,1-2H3,(H2,24,25,28). The summed E-state index contributed by atoms with van der Waals surface area (Å²) in [5, 5.41) is 5.77. The lowest BCUT2D eigenvalue weighted by Crippen LogP contribution is -2.26. The molecule has 0 fully saturated rings. The molecule has 0 bridgehead atoms. The molecule has 6 heteroatoms. The number of benzene rings is 3. The van der Waals surface area contributed by atoms with Crippen molar-refractivity contribution < 1.29 is 9.59 Å². The number of urea groups is 1. The predicted molar refractivity (Wildman–Crippen MR) is 118 cm³/mol. The Bertz CT molecular complexity index is 1100. The van der Waals surface area contributed by atoms with E-state index in [0.717, 1.165) is 33.2 Å². The lowest BCUT2D eigenvalue weighted by Gasteiger charge is -2.19. The monoisotopic (exact) mass is 403 g/mol. The third kappa shape index (κ3) is 3.84. The predicted octanol–water partition coefficient (Wildman–Crippen LogP) is 5.63. The molecule has 3 aromatic rings. The molecule has 0 saturated carbocycles. The van der Waals surface area contributed by atoms with Crippen molar-refractivity contribution in [3.8, 4) is 0 Å². The van der Waals surface area contributed by atoms with Crippen LogP contribution in [0.3, 0.4) is 0 Å². The highest BCUT2D eigenvalue weighted by molar-refractivity contribution is 7.99. The number of aryl methyl sites for hydroxylation is 1. The summed E-state index contributed by atoms with van der Waals surface area (Å²) in [6.45, 7) is 2.05. The van der Waals surface area contributed by atoms with Gasteiger partial charge in [0.25, 0.3) is 5.91 Å². The summed E-state index contributed by atoms with van der Waals surface area (Å²) in [5.41, 5.74) is 3.94. The van der Waals surface area contributed by atoms with Crippen LogP contribution in [0.2, 0.25) is 0 Å². The lowest BCUT2D eigenvalue weighted by molar-refractivity contribution is 0.0990. The van der Waals surface area contributed by atoms with Crippen molar-refractivity contribution in [2.45, 2.75) is 23.1 Å². The van der Waals surface area contributed by atoms with E-state index >= 15 is 0 Å². The zero-order chi connectivity index (χ0) is 20.4. The highest BCUT2D eigenvalue weighted by Gasteiger charge is 2.24. The van der Waals surface area contributed by atoms with E-state index in [2.05, 4.69) is 10.6 Å². The van der Waals surface area contributed by atoms with Crippen LogP contribution in [0.5, 0.6) is 0 Å². The number of para-hydroxylation sites is 1. The molecule has 1 aliphatic rings. The van der Waals surface area contributed by atoms with Gasteiger partial charge in [-0.1, -0.05) is 49.0 Å². The largest absolute Gasteiger partial charge is 0.323 e. The van der Waals surface area contributed by atoms with Gasteiger partial charge in [-0.15, -0.1) is 0 Å². The van der Waals surface area contributed by atoms with Crippen LogP contribution in [0.25, 0.3) is 0 Å². The molecule has 1 aliphatic heterocycles. The number of carbonyl (C=O) groups is 2. The van der Waals surface area contributed by atoms with Gasteiger partial charge in [0.05, 0.1) is 11.3 Å². The van der Waals surface area contributed by atoms with Crippen LogP contribution in [0, 0.1) is 0 Å². The van der Waals surface area contributed by atoms with E-state index in [1.54, 1.807) is 23.7 Å². The minimum absolute atomic E-state index is 0.0645. The fourth-order valence-corrected chi connectivity index (χ4v) is 4.40. The smallest absolute Gasteiger partial charge is 0.310 e. The molecule has 0 unspecified atom stereocenters. The Morgan fingerprint density at radius 2 is 1.72 bits per heavy atom. The van der Waals surface area contributed by atoms with Gasteiger partial charge in [0, 0.05) is 28.2 Å². The molecule has 0 spiro atoms. The van der Waals surface area contributed by atoms with Crippen LogP contribution < -0.4 is 15.5 Å². The van der Waals surface area contributed by atoms with E-state index in [1.165, 1.54) is 0 Å². The summed E-state index contributed by atoms with van der Waals surface area (Å²) in [6, 6.07) is 20.6. The fraction of sp³-hybridized carbons (Fsp3) is 0.130. The first kappa shape index (κ1) is 19.1. The topological polar surface area (TPSA) is 61.4 Å². The van der Waals surface area contributed by atoms with Crippen LogP contribution >= 0.6 is 11.8 Å². The third-order valence-corrected chi connectivity index (χ3v) is 6.01. The molecular formula is C23H21N3O2S. The number of fused-ring (bicyclic) bond motifs is 2. The number of carbonyl (C=O) groups excluding carboxylic acids is 2. The zero-order valence-corrected chi connectivity index (χ0v) is 17.0. The number of nitrogens with zero attached hydrogens (tertiary/aromatic N) is 1. The van der Waals surface area contributed by atoms with E-state index in [-0.39, 0.29) is 11.9 Å². The van der Waals surface area contributed by atoms with Crippen LogP contribution in [-0.2, 0) is 6.42 Å². The number of nitrogens with one attached hydrogen (secondary N) is 2. The summed E-state index contributed by atoms with van der Waals surface area (Å²) in [7, 11) is 1.76. The molecular weight excluding hydrogens is 382 g/mol. The van der Waals surface area contributed by atoms with Crippen molar-refractivity contribution in [2.24, 2.45) is 0 Å². The first-order valence-electron chi connectivity index (χ1n) is 9.41. The normalized spacial score (nSPS) is 12.6. The van der Waals surface area contributed by atoms with Gasteiger partial charge in [-0.05, 0) is 48.4 Å². The Balaban J connectivity index is 1.57. The Morgan fingerprint density at radius 1 is 0.966 bits per heavy atom.